The third-order valence-corrected chi connectivity index (χ3v) is 3.71. The minimum absolute atomic E-state index is 0.166. The molecular weight excluding hydrogens is 312 g/mol. The topological polar surface area (TPSA) is 99.8 Å². The molecule has 0 bridgehead atoms. The second-order valence-electron chi connectivity index (χ2n) is 5.41. The van der Waals surface area contributed by atoms with Gasteiger partial charge in [0.15, 0.2) is 0 Å². The van der Waals surface area contributed by atoms with E-state index < -0.39 is 0 Å². The maximum absolute atomic E-state index is 12.0. The van der Waals surface area contributed by atoms with E-state index in [1.165, 1.54) is 0 Å². The molecule has 3 N–H and O–H groups in total. The quantitative estimate of drug-likeness (QED) is 0.534. The predicted molar refractivity (Wildman–Crippen MR) is 88.3 cm³/mol. The zero-order valence-electron chi connectivity index (χ0n) is 13.6. The molecule has 130 valence electrons. The number of piperidine rings is 1. The molecule has 1 aromatic rings. The molecule has 0 radical (unpaired) electrons. The Bertz CT molecular complexity index is 568. The Morgan fingerprint density at radius 2 is 1.92 bits per heavy atom. The van der Waals surface area contributed by atoms with Crippen LogP contribution in [0.3, 0.4) is 0 Å². The van der Waals surface area contributed by atoms with Gasteiger partial charge in [0.2, 0.25) is 6.41 Å². The maximum atomic E-state index is 12.0. The lowest BCUT2D eigenvalue weighted by atomic mass is 10.1. The Morgan fingerprint density at radius 3 is 2.50 bits per heavy atom. The summed E-state index contributed by atoms with van der Waals surface area (Å²) < 4.78 is 4.90. The lowest BCUT2D eigenvalue weighted by Gasteiger charge is -2.31. The Hall–Kier alpha value is -2.61. The number of rotatable bonds is 6. The number of carbonyl (C=O) groups excluding carboxylic acids is 3. The summed E-state index contributed by atoms with van der Waals surface area (Å²) in [5, 5.41) is 7.27. The number of urea groups is 1. The van der Waals surface area contributed by atoms with Crippen LogP contribution in [-0.2, 0) is 9.53 Å². The van der Waals surface area contributed by atoms with Crippen LogP contribution in [0.1, 0.15) is 30.1 Å². The molecule has 0 saturated carbocycles. The summed E-state index contributed by atoms with van der Waals surface area (Å²) in [7, 11) is 0. The van der Waals surface area contributed by atoms with E-state index in [0.717, 1.165) is 12.8 Å². The smallest absolute Gasteiger partial charge is 0.338 e. The molecule has 1 aliphatic heterocycles. The first-order valence-electron chi connectivity index (χ1n) is 7.92. The summed E-state index contributed by atoms with van der Waals surface area (Å²) in [5.74, 6) is -0.389. The zero-order chi connectivity index (χ0) is 17.4. The molecule has 3 amide bonds. The van der Waals surface area contributed by atoms with Gasteiger partial charge in [-0.1, -0.05) is 0 Å². The minimum Gasteiger partial charge on any atom is -0.462 e. The van der Waals surface area contributed by atoms with E-state index in [1.807, 2.05) is 5.01 Å². The van der Waals surface area contributed by atoms with Crippen molar-refractivity contribution in [1.29, 1.82) is 0 Å². The van der Waals surface area contributed by atoms with Crippen LogP contribution in [0.15, 0.2) is 24.3 Å². The fourth-order valence-electron chi connectivity index (χ4n) is 2.46. The van der Waals surface area contributed by atoms with Gasteiger partial charge in [-0.25, -0.2) is 14.6 Å². The van der Waals surface area contributed by atoms with Crippen LogP contribution >= 0.6 is 0 Å². The number of nitrogens with one attached hydrogen (secondary N) is 3. The molecule has 1 aliphatic rings. The first-order chi connectivity index (χ1) is 11.6. The highest BCUT2D eigenvalue weighted by Crippen LogP contribution is 2.11. The molecule has 1 aromatic carbocycles. The lowest BCUT2D eigenvalue weighted by Crippen LogP contribution is -2.51. The van der Waals surface area contributed by atoms with Crippen molar-refractivity contribution in [2.24, 2.45) is 0 Å². The van der Waals surface area contributed by atoms with Crippen molar-refractivity contribution >= 4 is 24.1 Å². The van der Waals surface area contributed by atoms with E-state index in [-0.39, 0.29) is 18.0 Å². The molecule has 0 spiro atoms. The highest BCUT2D eigenvalue weighted by molar-refractivity contribution is 5.92. The van der Waals surface area contributed by atoms with E-state index in [2.05, 4.69) is 16.1 Å². The number of hydrogen-bond acceptors (Lipinski definition) is 5. The zero-order valence-corrected chi connectivity index (χ0v) is 13.6. The fraction of sp³-hybridized carbons (Fsp3) is 0.438. The van der Waals surface area contributed by atoms with E-state index in [0.29, 0.717) is 37.4 Å². The molecule has 1 saturated heterocycles. The number of ether oxygens (including phenoxy) is 1. The standard InChI is InChI=1S/C16H22N4O4/c1-2-24-15(22)12-3-5-14(6-4-12)18-16(23)19-20-9-7-13(8-10-20)17-11-21/h3-6,11,13H,2,7-10H2,1H3,(H,17,21)(H2,18,19,23). The first-order valence-corrected chi connectivity index (χ1v) is 7.92. The Balaban J connectivity index is 1.78. The highest BCUT2D eigenvalue weighted by atomic mass is 16.5. The van der Waals surface area contributed by atoms with Gasteiger partial charge in [0, 0.05) is 24.8 Å². The summed E-state index contributed by atoms with van der Waals surface area (Å²) in [4.78, 5) is 33.9. The van der Waals surface area contributed by atoms with Crippen LogP contribution in [0.4, 0.5) is 10.5 Å². The number of carbonyl (C=O) groups is 3. The largest absolute Gasteiger partial charge is 0.462 e. The molecule has 0 unspecified atom stereocenters. The van der Waals surface area contributed by atoms with Crippen molar-refractivity contribution in [2.75, 3.05) is 25.0 Å². The third-order valence-electron chi connectivity index (χ3n) is 3.71. The van der Waals surface area contributed by atoms with Crippen LogP contribution in [-0.4, -0.2) is 49.2 Å². The summed E-state index contributed by atoms with van der Waals surface area (Å²) in [5.41, 5.74) is 3.78. The molecule has 0 aromatic heterocycles. The molecule has 8 nitrogen and oxygen atoms in total. The van der Waals surface area contributed by atoms with Crippen molar-refractivity contribution in [3.8, 4) is 0 Å². The van der Waals surface area contributed by atoms with Crippen molar-refractivity contribution in [3.05, 3.63) is 29.8 Å². The normalized spacial score (nSPS) is 15.4. The second kappa shape index (κ2) is 8.88. The summed E-state index contributed by atoms with van der Waals surface area (Å²) in [6.45, 7) is 3.40. The number of esters is 1. The van der Waals surface area contributed by atoms with Gasteiger partial charge in [-0.05, 0) is 44.0 Å². The van der Waals surface area contributed by atoms with E-state index in [1.54, 1.807) is 31.2 Å². The van der Waals surface area contributed by atoms with Crippen molar-refractivity contribution in [3.63, 3.8) is 0 Å². The fourth-order valence-corrected chi connectivity index (χ4v) is 2.46. The highest BCUT2D eigenvalue weighted by Gasteiger charge is 2.19. The number of benzene rings is 1. The number of hydrazine groups is 1. The predicted octanol–water partition coefficient (Wildman–Crippen LogP) is 1.11. The maximum Gasteiger partial charge on any atom is 0.338 e. The molecule has 0 aliphatic carbocycles. The number of anilines is 1. The van der Waals surface area contributed by atoms with Crippen LogP contribution in [0, 0.1) is 0 Å². The molecule has 2 rings (SSSR count). The van der Waals surface area contributed by atoms with Crippen molar-refractivity contribution < 1.29 is 19.1 Å². The second-order valence-corrected chi connectivity index (χ2v) is 5.41. The third kappa shape index (κ3) is 5.24. The molecular formula is C16H22N4O4. The molecule has 1 fully saturated rings. The Labute approximate surface area is 140 Å². The number of nitrogens with zero attached hydrogens (tertiary/aromatic N) is 1. The summed E-state index contributed by atoms with van der Waals surface area (Å²) in [6, 6.07) is 6.31. The first kappa shape index (κ1) is 17.7. The number of amides is 3. The molecule has 1 heterocycles. The minimum atomic E-state index is -0.389. The monoisotopic (exact) mass is 334 g/mol. The number of hydrogen-bond donors (Lipinski definition) is 3. The van der Waals surface area contributed by atoms with Gasteiger partial charge in [-0.3, -0.25) is 10.2 Å². The molecule has 24 heavy (non-hydrogen) atoms. The molecule has 0 atom stereocenters. The van der Waals surface area contributed by atoms with Gasteiger partial charge >= 0.3 is 12.0 Å². The van der Waals surface area contributed by atoms with E-state index >= 15 is 0 Å². The van der Waals surface area contributed by atoms with Gasteiger partial charge in [-0.15, -0.1) is 0 Å². The van der Waals surface area contributed by atoms with E-state index in [4.69, 9.17) is 4.74 Å². The van der Waals surface area contributed by atoms with Gasteiger partial charge in [0.25, 0.3) is 0 Å². The van der Waals surface area contributed by atoms with Gasteiger partial charge in [0.1, 0.15) is 0 Å². The van der Waals surface area contributed by atoms with Crippen LogP contribution in [0.5, 0.6) is 0 Å². The van der Waals surface area contributed by atoms with Gasteiger partial charge in [-0.2, -0.15) is 0 Å². The van der Waals surface area contributed by atoms with E-state index in [9.17, 15) is 14.4 Å². The summed E-state index contributed by atoms with van der Waals surface area (Å²) >= 11 is 0. The molecule has 8 heteroatoms. The lowest BCUT2D eigenvalue weighted by molar-refractivity contribution is -0.110. The van der Waals surface area contributed by atoms with Crippen molar-refractivity contribution in [1.82, 2.24) is 15.8 Å². The van der Waals surface area contributed by atoms with Gasteiger partial charge < -0.3 is 15.4 Å². The summed E-state index contributed by atoms with van der Waals surface area (Å²) in [6.07, 6.45) is 2.28. The Morgan fingerprint density at radius 1 is 1.25 bits per heavy atom. The van der Waals surface area contributed by atoms with Crippen molar-refractivity contribution in [2.45, 2.75) is 25.8 Å². The van der Waals surface area contributed by atoms with Crippen LogP contribution in [0.2, 0.25) is 0 Å². The van der Waals surface area contributed by atoms with Crippen LogP contribution in [0.25, 0.3) is 0 Å². The average Bonchev–Trinajstić information content (AvgIpc) is 2.58. The SMILES string of the molecule is CCOC(=O)c1ccc(NC(=O)NN2CCC(NC=O)CC2)cc1. The van der Waals surface area contributed by atoms with Crippen LogP contribution < -0.4 is 16.1 Å². The van der Waals surface area contributed by atoms with Gasteiger partial charge in [0.05, 0.1) is 12.2 Å². The average molecular weight is 334 g/mol. The Kier molecular flexibility index (Phi) is 6.56.